The molecule has 4 rings (SSSR count). The minimum atomic E-state index is -4.57. The Morgan fingerprint density at radius 3 is 2.32 bits per heavy atom. The van der Waals surface area contributed by atoms with Crippen LogP contribution in [0, 0.1) is 0 Å². The van der Waals surface area contributed by atoms with Crippen LogP contribution in [0.4, 0.5) is 36.3 Å². The molecular weight excluding hydrogens is 511 g/mol. The highest BCUT2D eigenvalue weighted by molar-refractivity contribution is 6.04. The molecule has 1 aliphatic rings. The Kier molecular flexibility index (Phi) is 7.15. The van der Waals surface area contributed by atoms with E-state index < -0.39 is 35.0 Å². The fraction of sp³-hybridized carbons (Fsp3) is 0.250. The predicted molar refractivity (Wildman–Crippen MR) is 130 cm³/mol. The van der Waals surface area contributed by atoms with Gasteiger partial charge in [-0.25, -0.2) is 0 Å². The first-order chi connectivity index (χ1) is 18.0. The van der Waals surface area contributed by atoms with E-state index in [4.69, 9.17) is 14.2 Å². The van der Waals surface area contributed by atoms with Crippen LogP contribution < -0.4 is 35.7 Å². The lowest BCUT2D eigenvalue weighted by Gasteiger charge is -2.24. The summed E-state index contributed by atoms with van der Waals surface area (Å²) in [5.41, 5.74) is -1.51. The summed E-state index contributed by atoms with van der Waals surface area (Å²) in [7, 11) is 4.23. The van der Waals surface area contributed by atoms with Crippen molar-refractivity contribution < 1.29 is 37.0 Å². The number of hydrogen-bond donors (Lipinski definition) is 4. The molecule has 0 saturated heterocycles. The largest absolute Gasteiger partial charge is 0.493 e. The zero-order valence-corrected chi connectivity index (χ0v) is 20.3. The van der Waals surface area contributed by atoms with Crippen molar-refractivity contribution >= 4 is 35.0 Å². The monoisotopic (exact) mass is 533 g/mol. The summed E-state index contributed by atoms with van der Waals surface area (Å²) in [6.07, 6.45) is -4.91. The lowest BCUT2D eigenvalue weighted by molar-refractivity contribution is -0.137. The molecule has 200 valence electrons. The van der Waals surface area contributed by atoms with Crippen molar-refractivity contribution in [3.63, 3.8) is 0 Å². The number of hydrogen-bond acceptors (Lipinski definition) is 8. The molecule has 38 heavy (non-hydrogen) atoms. The highest BCUT2D eigenvalue weighted by atomic mass is 19.4. The Morgan fingerprint density at radius 1 is 1.03 bits per heavy atom. The molecule has 14 heteroatoms. The van der Waals surface area contributed by atoms with Gasteiger partial charge >= 0.3 is 6.18 Å². The second-order valence-electron chi connectivity index (χ2n) is 8.09. The number of rotatable bonds is 7. The van der Waals surface area contributed by atoms with Crippen LogP contribution in [0.25, 0.3) is 0 Å². The van der Waals surface area contributed by atoms with Gasteiger partial charge < -0.3 is 30.2 Å². The average molecular weight is 533 g/mol. The van der Waals surface area contributed by atoms with Gasteiger partial charge in [0.1, 0.15) is 5.82 Å². The number of alkyl halides is 3. The molecule has 1 unspecified atom stereocenters. The van der Waals surface area contributed by atoms with Crippen molar-refractivity contribution in [1.29, 1.82) is 0 Å². The molecule has 0 bridgehead atoms. The maximum absolute atomic E-state index is 13.2. The molecule has 0 saturated carbocycles. The molecule has 0 spiro atoms. The summed E-state index contributed by atoms with van der Waals surface area (Å²) < 4.78 is 54.9. The van der Waals surface area contributed by atoms with Gasteiger partial charge in [-0.3, -0.25) is 19.4 Å². The van der Waals surface area contributed by atoms with Gasteiger partial charge in [0.25, 0.3) is 5.56 Å². The van der Waals surface area contributed by atoms with Crippen molar-refractivity contribution in [3.8, 4) is 17.2 Å². The van der Waals surface area contributed by atoms with E-state index in [0.29, 0.717) is 5.75 Å². The number of amides is 2. The molecule has 0 aliphatic carbocycles. The topological polar surface area (TPSA) is 144 Å². The van der Waals surface area contributed by atoms with Gasteiger partial charge in [-0.2, -0.15) is 18.2 Å². The number of fused-ring (bicyclic) bond motifs is 1. The standard InChI is InChI=1S/C24H22F3N5O6/c1-36-15-8-13(9-16(37-2)19(15)38-3)28-21(34)14-10-17(33)30-20-18(14)22(35)32-23(31-20)29-12-6-4-5-11(7-12)24(25,26)27/h4-9,14H,10H2,1-3H3,(H,28,34)(H3,29,30,31,32,33,35). The fourth-order valence-corrected chi connectivity index (χ4v) is 3.95. The first-order valence-electron chi connectivity index (χ1n) is 11.0. The van der Waals surface area contributed by atoms with E-state index >= 15 is 0 Å². The van der Waals surface area contributed by atoms with Gasteiger partial charge in [-0.15, -0.1) is 0 Å². The number of benzene rings is 2. The van der Waals surface area contributed by atoms with Crippen LogP contribution in [0.15, 0.2) is 41.2 Å². The van der Waals surface area contributed by atoms with Gasteiger partial charge in [-0.1, -0.05) is 6.07 Å². The van der Waals surface area contributed by atoms with E-state index in [1.165, 1.54) is 45.6 Å². The van der Waals surface area contributed by atoms with Gasteiger partial charge in [0.2, 0.25) is 23.5 Å². The minimum absolute atomic E-state index is 0.00162. The van der Waals surface area contributed by atoms with Crippen molar-refractivity contribution in [2.45, 2.75) is 18.5 Å². The SMILES string of the molecule is COc1cc(NC(=O)C2CC(=O)Nc3nc(Nc4cccc(C(F)(F)F)c4)[nH]c(=O)c32)cc(OC)c1OC. The van der Waals surface area contributed by atoms with Crippen molar-refractivity contribution in [2.75, 3.05) is 37.3 Å². The maximum Gasteiger partial charge on any atom is 0.416 e. The second kappa shape index (κ2) is 10.3. The Balaban J connectivity index is 1.63. The molecule has 2 amide bonds. The third-order valence-corrected chi connectivity index (χ3v) is 5.65. The number of carbonyl (C=O) groups is 2. The third kappa shape index (κ3) is 5.33. The van der Waals surface area contributed by atoms with Crippen molar-refractivity contribution in [2.24, 2.45) is 0 Å². The quantitative estimate of drug-likeness (QED) is 0.361. The number of methoxy groups -OCH3 is 3. The van der Waals surface area contributed by atoms with E-state index in [2.05, 4.69) is 25.9 Å². The first kappa shape index (κ1) is 26.3. The second-order valence-corrected chi connectivity index (χ2v) is 8.09. The van der Waals surface area contributed by atoms with Crippen LogP contribution in [-0.4, -0.2) is 43.1 Å². The van der Waals surface area contributed by atoms with Crippen LogP contribution in [0.5, 0.6) is 17.2 Å². The summed E-state index contributed by atoms with van der Waals surface area (Å²) in [6.45, 7) is 0. The Labute approximate surface area is 213 Å². The molecule has 0 fully saturated rings. The molecule has 1 atom stereocenters. The Morgan fingerprint density at radius 2 is 1.71 bits per heavy atom. The molecule has 1 aromatic heterocycles. The average Bonchev–Trinajstić information content (AvgIpc) is 2.86. The number of halogens is 3. The van der Waals surface area contributed by atoms with E-state index in [1.807, 2.05) is 0 Å². The van der Waals surface area contributed by atoms with Crippen molar-refractivity contribution in [1.82, 2.24) is 9.97 Å². The van der Waals surface area contributed by atoms with E-state index in [0.717, 1.165) is 12.1 Å². The summed E-state index contributed by atoms with van der Waals surface area (Å²) in [5.74, 6) is -2.04. The number of nitrogens with zero attached hydrogens (tertiary/aromatic N) is 1. The highest BCUT2D eigenvalue weighted by Crippen LogP contribution is 2.40. The van der Waals surface area contributed by atoms with Crippen LogP contribution in [0.1, 0.15) is 23.5 Å². The third-order valence-electron chi connectivity index (χ3n) is 5.65. The molecule has 0 radical (unpaired) electrons. The number of aromatic nitrogens is 2. The predicted octanol–water partition coefficient (Wildman–Crippen LogP) is 3.62. The molecule has 2 aromatic carbocycles. The number of anilines is 4. The number of ether oxygens (including phenoxy) is 3. The number of aromatic amines is 1. The van der Waals surface area contributed by atoms with Crippen LogP contribution in [-0.2, 0) is 15.8 Å². The molecule has 11 nitrogen and oxygen atoms in total. The summed E-state index contributed by atoms with van der Waals surface area (Å²) in [6, 6.07) is 7.23. The summed E-state index contributed by atoms with van der Waals surface area (Å²) in [5, 5.41) is 7.66. The van der Waals surface area contributed by atoms with Gasteiger partial charge in [-0.05, 0) is 18.2 Å². The molecular formula is C24H22F3N5O6. The van der Waals surface area contributed by atoms with Crippen LogP contribution in [0.2, 0.25) is 0 Å². The van der Waals surface area contributed by atoms with E-state index in [-0.39, 0.29) is 46.6 Å². The maximum atomic E-state index is 13.2. The normalized spacial score (nSPS) is 14.7. The Hall–Kier alpha value is -4.75. The van der Waals surface area contributed by atoms with Gasteiger partial charge in [0.15, 0.2) is 11.5 Å². The van der Waals surface area contributed by atoms with Crippen LogP contribution in [0.3, 0.4) is 0 Å². The summed E-state index contributed by atoms with van der Waals surface area (Å²) in [4.78, 5) is 45.0. The van der Waals surface area contributed by atoms with Crippen molar-refractivity contribution in [3.05, 3.63) is 57.9 Å². The molecule has 2 heterocycles. The summed E-state index contributed by atoms with van der Waals surface area (Å²) >= 11 is 0. The van der Waals surface area contributed by atoms with E-state index in [9.17, 15) is 27.6 Å². The first-order valence-corrected chi connectivity index (χ1v) is 11.0. The highest BCUT2D eigenvalue weighted by Gasteiger charge is 2.35. The lowest BCUT2D eigenvalue weighted by Crippen LogP contribution is -2.36. The van der Waals surface area contributed by atoms with Gasteiger partial charge in [0, 0.05) is 29.9 Å². The number of carbonyl (C=O) groups excluding carboxylic acids is 2. The lowest BCUT2D eigenvalue weighted by atomic mass is 9.92. The smallest absolute Gasteiger partial charge is 0.416 e. The molecule has 4 N–H and O–H groups in total. The van der Waals surface area contributed by atoms with Crippen LogP contribution >= 0.6 is 0 Å². The fourth-order valence-electron chi connectivity index (χ4n) is 3.95. The van der Waals surface area contributed by atoms with E-state index in [1.54, 1.807) is 0 Å². The molecule has 3 aromatic rings. The van der Waals surface area contributed by atoms with Gasteiger partial charge in [0.05, 0.1) is 38.4 Å². The number of H-pyrrole nitrogens is 1. The minimum Gasteiger partial charge on any atom is -0.493 e. The zero-order valence-electron chi connectivity index (χ0n) is 20.3. The Bertz CT molecular complexity index is 1430. The molecule has 1 aliphatic heterocycles. The zero-order chi connectivity index (χ0) is 27.6. The number of nitrogens with one attached hydrogen (secondary N) is 4.